The van der Waals surface area contributed by atoms with Gasteiger partial charge in [0, 0.05) is 17.8 Å². The summed E-state index contributed by atoms with van der Waals surface area (Å²) in [5, 5.41) is 5.69. The predicted octanol–water partition coefficient (Wildman–Crippen LogP) is 4.76. The zero-order valence-corrected chi connectivity index (χ0v) is 17.2. The molecule has 30 heavy (non-hydrogen) atoms. The highest BCUT2D eigenvalue weighted by Crippen LogP contribution is 2.17. The summed E-state index contributed by atoms with van der Waals surface area (Å²) in [4.78, 5) is 24.5. The lowest BCUT2D eigenvalue weighted by Gasteiger charge is -2.10. The molecule has 5 heteroatoms. The Labute approximate surface area is 177 Å². The van der Waals surface area contributed by atoms with Crippen LogP contribution >= 0.6 is 0 Å². The largest absolute Gasteiger partial charge is 0.484 e. The Bertz CT molecular complexity index is 983. The fourth-order valence-corrected chi connectivity index (χ4v) is 2.90. The number of carbonyl (C=O) groups excluding carboxylic acids is 2. The average molecular weight is 402 g/mol. The van der Waals surface area contributed by atoms with Crippen LogP contribution in [0.15, 0.2) is 78.9 Å². The Kier molecular flexibility index (Phi) is 7.22. The van der Waals surface area contributed by atoms with Crippen LogP contribution in [0.3, 0.4) is 0 Å². The van der Waals surface area contributed by atoms with E-state index in [2.05, 4.69) is 24.5 Å². The number of amides is 2. The van der Waals surface area contributed by atoms with Gasteiger partial charge >= 0.3 is 0 Å². The van der Waals surface area contributed by atoms with Crippen LogP contribution in [0.5, 0.6) is 5.75 Å². The molecule has 0 saturated heterocycles. The molecule has 0 atom stereocenters. The lowest BCUT2D eigenvalue weighted by atomic mass is 10.0. The van der Waals surface area contributed by atoms with Crippen LogP contribution in [0.4, 0.5) is 5.69 Å². The van der Waals surface area contributed by atoms with Crippen molar-refractivity contribution >= 4 is 17.5 Å². The van der Waals surface area contributed by atoms with Gasteiger partial charge in [-0.05, 0) is 47.4 Å². The second-order valence-corrected chi connectivity index (χ2v) is 7.31. The molecule has 3 aromatic carbocycles. The first kappa shape index (κ1) is 21.1. The van der Waals surface area contributed by atoms with Crippen molar-refractivity contribution in [2.75, 3.05) is 11.9 Å². The zero-order chi connectivity index (χ0) is 21.3. The minimum absolute atomic E-state index is 0.138. The first-order chi connectivity index (χ1) is 14.5. The Morgan fingerprint density at radius 1 is 0.900 bits per heavy atom. The summed E-state index contributed by atoms with van der Waals surface area (Å²) in [6.07, 6.45) is 0. The van der Waals surface area contributed by atoms with Gasteiger partial charge in [0.05, 0.1) is 0 Å². The van der Waals surface area contributed by atoms with E-state index in [1.54, 1.807) is 24.3 Å². The fraction of sp³-hybridized carbons (Fsp3) is 0.200. The molecular weight excluding hydrogens is 376 g/mol. The van der Waals surface area contributed by atoms with E-state index in [1.165, 1.54) is 5.56 Å². The van der Waals surface area contributed by atoms with Gasteiger partial charge in [-0.2, -0.15) is 0 Å². The molecule has 0 unspecified atom stereocenters. The fourth-order valence-electron chi connectivity index (χ4n) is 2.90. The van der Waals surface area contributed by atoms with E-state index >= 15 is 0 Å². The number of nitrogens with one attached hydrogen (secondary N) is 2. The molecule has 3 rings (SSSR count). The van der Waals surface area contributed by atoms with Crippen molar-refractivity contribution in [1.82, 2.24) is 5.32 Å². The lowest BCUT2D eigenvalue weighted by molar-refractivity contribution is -0.118. The van der Waals surface area contributed by atoms with Crippen molar-refractivity contribution in [3.05, 3.63) is 95.6 Å². The molecule has 0 spiro atoms. The number of hydrogen-bond donors (Lipinski definition) is 2. The van der Waals surface area contributed by atoms with Gasteiger partial charge in [-0.25, -0.2) is 0 Å². The Morgan fingerprint density at radius 2 is 1.63 bits per heavy atom. The molecule has 0 bridgehead atoms. The summed E-state index contributed by atoms with van der Waals surface area (Å²) in [5.41, 5.74) is 3.44. The molecule has 2 amide bonds. The lowest BCUT2D eigenvalue weighted by Crippen LogP contribution is -2.23. The van der Waals surface area contributed by atoms with E-state index in [9.17, 15) is 9.59 Å². The monoisotopic (exact) mass is 402 g/mol. The molecule has 3 aromatic rings. The maximum absolute atomic E-state index is 12.4. The van der Waals surface area contributed by atoms with Gasteiger partial charge in [-0.15, -0.1) is 0 Å². The van der Waals surface area contributed by atoms with Crippen LogP contribution in [0.25, 0.3) is 0 Å². The summed E-state index contributed by atoms with van der Waals surface area (Å²) in [5.74, 6) is 0.452. The molecule has 0 heterocycles. The van der Waals surface area contributed by atoms with Gasteiger partial charge in [0.15, 0.2) is 6.61 Å². The van der Waals surface area contributed by atoms with Crippen LogP contribution < -0.4 is 15.4 Å². The van der Waals surface area contributed by atoms with Crippen molar-refractivity contribution in [3.63, 3.8) is 0 Å². The first-order valence-corrected chi connectivity index (χ1v) is 9.96. The summed E-state index contributed by atoms with van der Waals surface area (Å²) >= 11 is 0. The van der Waals surface area contributed by atoms with Crippen LogP contribution in [0.1, 0.15) is 41.3 Å². The molecule has 0 aliphatic rings. The standard InChI is InChI=1S/C25H26N2O3/c1-18(2)20-11-13-22(14-12-20)27-24(28)17-30-23-10-6-9-21(15-23)25(29)26-16-19-7-4-3-5-8-19/h3-15,18H,16-17H2,1-2H3,(H,26,29)(H,27,28). The molecule has 0 aliphatic heterocycles. The Hall–Kier alpha value is -3.60. The van der Waals surface area contributed by atoms with Crippen molar-refractivity contribution < 1.29 is 14.3 Å². The average Bonchev–Trinajstić information content (AvgIpc) is 2.77. The maximum Gasteiger partial charge on any atom is 0.262 e. The molecular formula is C25H26N2O3. The summed E-state index contributed by atoms with van der Waals surface area (Å²) in [6.45, 7) is 4.55. The molecule has 5 nitrogen and oxygen atoms in total. The molecule has 0 aliphatic carbocycles. The number of anilines is 1. The Balaban J connectivity index is 1.50. The zero-order valence-electron chi connectivity index (χ0n) is 17.2. The second-order valence-electron chi connectivity index (χ2n) is 7.31. The van der Waals surface area contributed by atoms with Crippen molar-refractivity contribution in [1.29, 1.82) is 0 Å². The first-order valence-electron chi connectivity index (χ1n) is 9.96. The van der Waals surface area contributed by atoms with Crippen LogP contribution in [-0.4, -0.2) is 18.4 Å². The number of hydrogen-bond acceptors (Lipinski definition) is 3. The molecule has 0 saturated carbocycles. The minimum atomic E-state index is -0.258. The quantitative estimate of drug-likeness (QED) is 0.571. The third-order valence-electron chi connectivity index (χ3n) is 4.62. The highest BCUT2D eigenvalue weighted by molar-refractivity contribution is 5.94. The van der Waals surface area contributed by atoms with E-state index in [4.69, 9.17) is 4.74 Å². The van der Waals surface area contributed by atoms with Gasteiger partial charge in [0.2, 0.25) is 0 Å². The van der Waals surface area contributed by atoms with E-state index in [1.807, 2.05) is 54.6 Å². The SMILES string of the molecule is CC(C)c1ccc(NC(=O)COc2cccc(C(=O)NCc3ccccc3)c2)cc1. The third kappa shape index (κ3) is 6.21. The van der Waals surface area contributed by atoms with Crippen molar-refractivity contribution in [3.8, 4) is 5.75 Å². The van der Waals surface area contributed by atoms with Gasteiger partial charge in [0.25, 0.3) is 11.8 Å². The van der Waals surface area contributed by atoms with Crippen LogP contribution in [-0.2, 0) is 11.3 Å². The minimum Gasteiger partial charge on any atom is -0.484 e. The number of rotatable bonds is 8. The summed E-state index contributed by atoms with van der Waals surface area (Å²) in [7, 11) is 0. The van der Waals surface area contributed by atoms with E-state index < -0.39 is 0 Å². The van der Waals surface area contributed by atoms with Gasteiger partial charge < -0.3 is 15.4 Å². The molecule has 0 radical (unpaired) electrons. The van der Waals surface area contributed by atoms with Gasteiger partial charge in [-0.1, -0.05) is 62.4 Å². The highest BCUT2D eigenvalue weighted by Gasteiger charge is 2.09. The summed E-state index contributed by atoms with van der Waals surface area (Å²) in [6, 6.07) is 24.3. The third-order valence-corrected chi connectivity index (χ3v) is 4.62. The Morgan fingerprint density at radius 3 is 2.33 bits per heavy atom. The topological polar surface area (TPSA) is 67.4 Å². The van der Waals surface area contributed by atoms with Crippen molar-refractivity contribution in [2.45, 2.75) is 26.3 Å². The van der Waals surface area contributed by atoms with Gasteiger partial charge in [0.1, 0.15) is 5.75 Å². The predicted molar refractivity (Wildman–Crippen MR) is 119 cm³/mol. The molecule has 2 N–H and O–H groups in total. The smallest absolute Gasteiger partial charge is 0.262 e. The normalized spacial score (nSPS) is 10.5. The summed E-state index contributed by atoms with van der Waals surface area (Å²) < 4.78 is 5.56. The van der Waals surface area contributed by atoms with Crippen LogP contribution in [0.2, 0.25) is 0 Å². The molecule has 0 aromatic heterocycles. The number of benzene rings is 3. The molecule has 0 fully saturated rings. The van der Waals surface area contributed by atoms with Crippen LogP contribution in [0, 0.1) is 0 Å². The van der Waals surface area contributed by atoms with E-state index in [0.29, 0.717) is 23.8 Å². The van der Waals surface area contributed by atoms with E-state index in [0.717, 1.165) is 11.3 Å². The highest BCUT2D eigenvalue weighted by atomic mass is 16.5. The van der Waals surface area contributed by atoms with Gasteiger partial charge in [-0.3, -0.25) is 9.59 Å². The van der Waals surface area contributed by atoms with E-state index in [-0.39, 0.29) is 18.4 Å². The maximum atomic E-state index is 12.4. The second kappa shape index (κ2) is 10.3. The molecule has 154 valence electrons. The number of carbonyl (C=O) groups is 2. The van der Waals surface area contributed by atoms with Crippen molar-refractivity contribution in [2.24, 2.45) is 0 Å². The number of ether oxygens (including phenoxy) is 1.